The van der Waals surface area contributed by atoms with Crippen LogP contribution < -0.4 is 0 Å². The van der Waals surface area contributed by atoms with E-state index in [1.165, 1.54) is 0 Å². The molecule has 1 saturated heterocycles. The maximum atomic E-state index is 12.7. The Bertz CT molecular complexity index is 1080. The van der Waals surface area contributed by atoms with E-state index >= 15 is 0 Å². The minimum Gasteiger partial charge on any atom is -0.446 e. The largest absolute Gasteiger partial charge is 0.446 e. The van der Waals surface area contributed by atoms with Gasteiger partial charge in [-0.05, 0) is 55.0 Å². The number of carbonyl (C=O) groups excluding carboxylic acids is 1. The fraction of sp³-hybridized carbons (Fsp3) is 0.391. The van der Waals surface area contributed by atoms with Crippen molar-refractivity contribution in [2.24, 2.45) is 5.92 Å². The van der Waals surface area contributed by atoms with Gasteiger partial charge >= 0.3 is 0 Å². The molecule has 162 valence electrons. The summed E-state index contributed by atoms with van der Waals surface area (Å²) in [6.07, 6.45) is 8.32. The molecule has 31 heavy (non-hydrogen) atoms. The number of aryl methyl sites for hydroxylation is 2. The van der Waals surface area contributed by atoms with Gasteiger partial charge in [-0.15, -0.1) is 10.2 Å². The van der Waals surface area contributed by atoms with E-state index in [4.69, 9.17) is 20.4 Å². The summed E-state index contributed by atoms with van der Waals surface area (Å²) in [4.78, 5) is 18.9. The Labute approximate surface area is 186 Å². The summed E-state index contributed by atoms with van der Waals surface area (Å²) >= 11 is 6.18. The highest BCUT2D eigenvalue weighted by molar-refractivity contribution is 6.30. The van der Waals surface area contributed by atoms with Crippen molar-refractivity contribution in [2.75, 3.05) is 13.1 Å². The van der Waals surface area contributed by atoms with E-state index in [1.807, 2.05) is 36.1 Å². The molecule has 3 aromatic rings. The summed E-state index contributed by atoms with van der Waals surface area (Å²) in [6.45, 7) is 5.11. The second kappa shape index (κ2) is 9.47. The number of piperidine rings is 1. The lowest BCUT2D eigenvalue weighted by Crippen LogP contribution is -2.38. The minimum absolute atomic E-state index is 0.0138. The van der Waals surface area contributed by atoms with Gasteiger partial charge in [-0.3, -0.25) is 4.79 Å². The van der Waals surface area contributed by atoms with E-state index in [2.05, 4.69) is 15.2 Å². The van der Waals surface area contributed by atoms with Gasteiger partial charge in [-0.2, -0.15) is 0 Å². The second-order valence-electron chi connectivity index (χ2n) is 7.91. The average molecular weight is 441 g/mol. The Hall–Kier alpha value is -2.93. The molecule has 0 spiro atoms. The number of hydrogen-bond acceptors (Lipinski definition) is 6. The van der Waals surface area contributed by atoms with Gasteiger partial charge in [-0.25, -0.2) is 4.98 Å². The summed E-state index contributed by atoms with van der Waals surface area (Å²) in [6, 6.07) is 5.62. The predicted octanol–water partition coefficient (Wildman–Crippen LogP) is 4.41. The van der Waals surface area contributed by atoms with Crippen LogP contribution in [0.2, 0.25) is 5.02 Å². The van der Waals surface area contributed by atoms with Crippen molar-refractivity contribution >= 4 is 23.6 Å². The Balaban J connectivity index is 1.36. The molecule has 1 amide bonds. The van der Waals surface area contributed by atoms with Crippen molar-refractivity contribution in [1.29, 1.82) is 0 Å². The maximum absolute atomic E-state index is 12.7. The van der Waals surface area contributed by atoms with Crippen molar-refractivity contribution in [2.45, 2.75) is 39.5 Å². The fourth-order valence-electron chi connectivity index (χ4n) is 3.83. The van der Waals surface area contributed by atoms with Crippen molar-refractivity contribution in [3.8, 4) is 0 Å². The van der Waals surface area contributed by atoms with Crippen molar-refractivity contribution in [1.82, 2.24) is 20.1 Å². The monoisotopic (exact) mass is 440 g/mol. The molecule has 4 rings (SSSR count). The van der Waals surface area contributed by atoms with Crippen molar-refractivity contribution in [3.63, 3.8) is 0 Å². The topological polar surface area (TPSA) is 85.3 Å². The first-order chi connectivity index (χ1) is 15.0. The quantitative estimate of drug-likeness (QED) is 0.527. The van der Waals surface area contributed by atoms with Gasteiger partial charge in [0.15, 0.2) is 5.89 Å². The standard InChI is InChI=1S/C23H25ClN4O3/c1-15-14-25-21(30-15)13-19-12-20(24)5-3-18(19)4-6-23(29)28-9-7-17(8-10-28)11-22-27-26-16(2)31-22/h3-6,12,14,17H,7-11,13H2,1-2H3/b6-4+. The molecule has 0 bridgehead atoms. The Morgan fingerprint density at radius 3 is 2.68 bits per heavy atom. The van der Waals surface area contributed by atoms with Crippen LogP contribution in [0.4, 0.5) is 0 Å². The average Bonchev–Trinajstić information content (AvgIpc) is 3.35. The molecule has 1 aliphatic heterocycles. The first kappa shape index (κ1) is 21.3. The van der Waals surface area contributed by atoms with E-state index in [1.54, 1.807) is 19.2 Å². The van der Waals surface area contributed by atoms with Crippen LogP contribution in [-0.4, -0.2) is 39.1 Å². The second-order valence-corrected chi connectivity index (χ2v) is 8.34. The normalized spacial score (nSPS) is 15.1. The first-order valence-corrected chi connectivity index (χ1v) is 10.8. The molecule has 1 aromatic carbocycles. The molecule has 0 unspecified atom stereocenters. The van der Waals surface area contributed by atoms with Crippen molar-refractivity contribution < 1.29 is 13.6 Å². The molecule has 1 aliphatic rings. The molecule has 1 fully saturated rings. The SMILES string of the molecule is Cc1cnc(Cc2cc(Cl)ccc2/C=C/C(=O)N2CCC(Cc3nnc(C)o3)CC2)o1. The van der Waals surface area contributed by atoms with Crippen LogP contribution in [0.1, 0.15) is 47.4 Å². The third-order valence-corrected chi connectivity index (χ3v) is 5.71. The molecule has 0 aliphatic carbocycles. The highest BCUT2D eigenvalue weighted by atomic mass is 35.5. The number of aromatic nitrogens is 3. The molecule has 0 radical (unpaired) electrons. The van der Waals surface area contributed by atoms with Crippen LogP contribution >= 0.6 is 11.6 Å². The minimum atomic E-state index is 0.0138. The summed E-state index contributed by atoms with van der Waals surface area (Å²) < 4.78 is 11.1. The van der Waals surface area contributed by atoms with E-state index < -0.39 is 0 Å². The number of likely N-dealkylation sites (tertiary alicyclic amines) is 1. The summed E-state index contributed by atoms with van der Waals surface area (Å²) in [7, 11) is 0. The number of benzene rings is 1. The number of amides is 1. The van der Waals surface area contributed by atoms with E-state index in [9.17, 15) is 4.79 Å². The van der Waals surface area contributed by atoms with E-state index in [-0.39, 0.29) is 5.91 Å². The molecule has 0 atom stereocenters. The van der Waals surface area contributed by atoms with Crippen LogP contribution in [0.15, 0.2) is 39.3 Å². The number of oxazole rings is 1. The molecule has 2 aromatic heterocycles. The van der Waals surface area contributed by atoms with Gasteiger partial charge in [0.1, 0.15) is 5.76 Å². The van der Waals surface area contributed by atoms with Gasteiger partial charge in [0, 0.05) is 44.0 Å². The molecule has 0 N–H and O–H groups in total. The molecule has 7 nitrogen and oxygen atoms in total. The molecular weight excluding hydrogens is 416 g/mol. The zero-order valence-electron chi connectivity index (χ0n) is 17.7. The maximum Gasteiger partial charge on any atom is 0.246 e. The fourth-order valence-corrected chi connectivity index (χ4v) is 4.02. The lowest BCUT2D eigenvalue weighted by Gasteiger charge is -2.30. The number of carbonyl (C=O) groups is 1. The number of halogens is 1. The Kier molecular flexibility index (Phi) is 6.51. The van der Waals surface area contributed by atoms with Gasteiger partial charge in [0.25, 0.3) is 0 Å². The smallest absolute Gasteiger partial charge is 0.246 e. The van der Waals surface area contributed by atoms with Gasteiger partial charge in [0.05, 0.1) is 6.20 Å². The number of rotatable bonds is 6. The zero-order chi connectivity index (χ0) is 21.8. The third-order valence-electron chi connectivity index (χ3n) is 5.48. The van der Waals surface area contributed by atoms with Gasteiger partial charge in [0.2, 0.25) is 17.7 Å². The van der Waals surface area contributed by atoms with Crippen LogP contribution in [0.3, 0.4) is 0 Å². The van der Waals surface area contributed by atoms with Gasteiger partial charge < -0.3 is 13.7 Å². The Morgan fingerprint density at radius 2 is 2.00 bits per heavy atom. The zero-order valence-corrected chi connectivity index (χ0v) is 18.4. The molecule has 8 heteroatoms. The highest BCUT2D eigenvalue weighted by Crippen LogP contribution is 2.23. The molecular formula is C23H25ClN4O3. The number of nitrogens with zero attached hydrogens (tertiary/aromatic N) is 4. The molecule has 0 saturated carbocycles. The molecule has 3 heterocycles. The lowest BCUT2D eigenvalue weighted by atomic mass is 9.93. The number of hydrogen-bond donors (Lipinski definition) is 0. The van der Waals surface area contributed by atoms with Crippen LogP contribution in [0, 0.1) is 19.8 Å². The lowest BCUT2D eigenvalue weighted by molar-refractivity contribution is -0.127. The summed E-state index contributed by atoms with van der Waals surface area (Å²) in [5, 5.41) is 8.59. The first-order valence-electron chi connectivity index (χ1n) is 10.4. The third kappa shape index (κ3) is 5.61. The van der Waals surface area contributed by atoms with E-state index in [0.29, 0.717) is 35.0 Å². The predicted molar refractivity (Wildman–Crippen MR) is 117 cm³/mol. The summed E-state index contributed by atoms with van der Waals surface area (Å²) in [5.74, 6) is 3.13. The van der Waals surface area contributed by atoms with Crippen LogP contribution in [0.5, 0.6) is 0 Å². The van der Waals surface area contributed by atoms with Crippen LogP contribution in [-0.2, 0) is 17.6 Å². The van der Waals surface area contributed by atoms with Crippen molar-refractivity contribution in [3.05, 3.63) is 70.1 Å². The van der Waals surface area contributed by atoms with Crippen LogP contribution in [0.25, 0.3) is 6.08 Å². The van der Waals surface area contributed by atoms with E-state index in [0.717, 1.165) is 49.2 Å². The Morgan fingerprint density at radius 1 is 1.19 bits per heavy atom. The highest BCUT2D eigenvalue weighted by Gasteiger charge is 2.23. The summed E-state index contributed by atoms with van der Waals surface area (Å²) in [5.41, 5.74) is 1.89. The van der Waals surface area contributed by atoms with Gasteiger partial charge in [-0.1, -0.05) is 17.7 Å².